The Bertz CT molecular complexity index is 1330. The van der Waals surface area contributed by atoms with E-state index in [1.165, 1.54) is 15.6 Å². The molecule has 10 heteroatoms. The van der Waals surface area contributed by atoms with Crippen molar-refractivity contribution in [1.82, 2.24) is 24.5 Å². The SMILES string of the molecule is O=S(=O)(c1cccs1)N1CC=C(c2cncc(-c3nnc(-c4ccccc4)o3)n2)CC1. The van der Waals surface area contributed by atoms with Crippen LogP contribution in [0.3, 0.4) is 0 Å². The Labute approximate surface area is 183 Å². The van der Waals surface area contributed by atoms with E-state index < -0.39 is 10.0 Å². The number of benzene rings is 1. The second-order valence-corrected chi connectivity index (χ2v) is 9.95. The molecule has 8 nitrogen and oxygen atoms in total. The molecule has 0 saturated carbocycles. The van der Waals surface area contributed by atoms with Gasteiger partial charge < -0.3 is 4.42 Å². The van der Waals surface area contributed by atoms with Gasteiger partial charge in [0.2, 0.25) is 5.89 Å². The molecule has 1 aromatic carbocycles. The summed E-state index contributed by atoms with van der Waals surface area (Å²) in [7, 11) is -3.46. The molecular weight excluding hydrogens is 434 g/mol. The lowest BCUT2D eigenvalue weighted by atomic mass is 10.1. The van der Waals surface area contributed by atoms with Gasteiger partial charge >= 0.3 is 0 Å². The van der Waals surface area contributed by atoms with Gasteiger partial charge in [0.15, 0.2) is 0 Å². The van der Waals surface area contributed by atoms with Crippen LogP contribution in [-0.2, 0) is 10.0 Å². The average molecular weight is 452 g/mol. The number of nitrogens with zero attached hydrogens (tertiary/aromatic N) is 5. The van der Waals surface area contributed by atoms with Crippen LogP contribution in [0, 0.1) is 0 Å². The molecule has 0 bridgehead atoms. The number of rotatable bonds is 5. The molecular formula is C21H17N5O3S2. The Balaban J connectivity index is 1.37. The van der Waals surface area contributed by atoms with E-state index in [9.17, 15) is 8.42 Å². The maximum absolute atomic E-state index is 12.7. The molecule has 0 unspecified atom stereocenters. The minimum atomic E-state index is -3.46. The van der Waals surface area contributed by atoms with Crippen LogP contribution >= 0.6 is 11.3 Å². The van der Waals surface area contributed by atoms with E-state index in [0.29, 0.717) is 41.0 Å². The minimum Gasteiger partial charge on any atom is -0.415 e. The molecule has 4 heterocycles. The molecule has 4 aromatic rings. The number of thiophene rings is 1. The van der Waals surface area contributed by atoms with Crippen LogP contribution in [0.5, 0.6) is 0 Å². The quantitative estimate of drug-likeness (QED) is 0.455. The second kappa shape index (κ2) is 8.14. The van der Waals surface area contributed by atoms with Gasteiger partial charge in [-0.2, -0.15) is 4.31 Å². The molecule has 156 valence electrons. The van der Waals surface area contributed by atoms with Gasteiger partial charge in [-0.05, 0) is 35.6 Å². The number of hydrogen-bond acceptors (Lipinski definition) is 8. The molecule has 31 heavy (non-hydrogen) atoms. The van der Waals surface area contributed by atoms with Crippen molar-refractivity contribution >= 4 is 26.9 Å². The molecule has 1 aliphatic heterocycles. The summed E-state index contributed by atoms with van der Waals surface area (Å²) in [5, 5.41) is 9.96. The van der Waals surface area contributed by atoms with E-state index in [1.807, 2.05) is 36.4 Å². The largest absolute Gasteiger partial charge is 0.415 e. The first kappa shape index (κ1) is 19.7. The summed E-state index contributed by atoms with van der Waals surface area (Å²) >= 11 is 1.22. The summed E-state index contributed by atoms with van der Waals surface area (Å²) in [4.78, 5) is 8.88. The van der Waals surface area contributed by atoms with Crippen molar-refractivity contribution in [2.45, 2.75) is 10.6 Å². The van der Waals surface area contributed by atoms with Crippen LogP contribution in [0.15, 0.2) is 74.9 Å². The van der Waals surface area contributed by atoms with Gasteiger partial charge in [0.05, 0.1) is 18.1 Å². The fourth-order valence-electron chi connectivity index (χ4n) is 3.29. The first-order valence-electron chi connectivity index (χ1n) is 9.56. The van der Waals surface area contributed by atoms with Crippen LogP contribution in [0.25, 0.3) is 28.6 Å². The molecule has 0 atom stereocenters. The van der Waals surface area contributed by atoms with Gasteiger partial charge in [0.25, 0.3) is 15.9 Å². The summed E-state index contributed by atoms with van der Waals surface area (Å²) in [6.45, 7) is 0.677. The maximum Gasteiger partial charge on any atom is 0.268 e. The zero-order valence-electron chi connectivity index (χ0n) is 16.2. The van der Waals surface area contributed by atoms with Crippen molar-refractivity contribution in [2.75, 3.05) is 13.1 Å². The summed E-state index contributed by atoms with van der Waals surface area (Å²) in [6, 6.07) is 12.9. The second-order valence-electron chi connectivity index (χ2n) is 6.84. The van der Waals surface area contributed by atoms with Crippen molar-refractivity contribution < 1.29 is 12.8 Å². The Kier molecular flexibility index (Phi) is 5.18. The topological polar surface area (TPSA) is 102 Å². The normalized spacial score (nSPS) is 15.0. The highest BCUT2D eigenvalue weighted by Crippen LogP contribution is 2.28. The van der Waals surface area contributed by atoms with Crippen molar-refractivity contribution in [2.24, 2.45) is 0 Å². The zero-order chi connectivity index (χ0) is 21.3. The zero-order valence-corrected chi connectivity index (χ0v) is 17.9. The van der Waals surface area contributed by atoms with Crippen molar-refractivity contribution in [3.63, 3.8) is 0 Å². The predicted octanol–water partition coefficient (Wildman–Crippen LogP) is 3.73. The number of aromatic nitrogens is 4. The van der Waals surface area contributed by atoms with Gasteiger partial charge in [-0.1, -0.05) is 30.3 Å². The Morgan fingerprint density at radius 3 is 2.52 bits per heavy atom. The van der Waals surface area contributed by atoms with E-state index in [1.54, 1.807) is 29.9 Å². The Morgan fingerprint density at radius 1 is 0.968 bits per heavy atom. The predicted molar refractivity (Wildman–Crippen MR) is 116 cm³/mol. The summed E-state index contributed by atoms with van der Waals surface area (Å²) in [5.41, 5.74) is 2.91. The summed E-state index contributed by atoms with van der Waals surface area (Å²) in [5.74, 6) is 0.695. The molecule has 5 rings (SSSR count). The first-order valence-corrected chi connectivity index (χ1v) is 11.9. The number of hydrogen-bond donors (Lipinski definition) is 0. The molecule has 1 aliphatic rings. The highest BCUT2D eigenvalue weighted by molar-refractivity contribution is 7.91. The highest BCUT2D eigenvalue weighted by Gasteiger charge is 2.27. The standard InChI is InChI=1S/C21H17N5O3S2/c27-31(28,19-7-4-12-30-19)26-10-8-15(9-11-26)17-13-22-14-18(23-17)21-25-24-20(29-21)16-5-2-1-3-6-16/h1-8,12-14H,9-11H2. The third-order valence-corrected chi connectivity index (χ3v) is 8.13. The molecule has 0 saturated heterocycles. The lowest BCUT2D eigenvalue weighted by molar-refractivity contribution is 0.442. The fourth-order valence-corrected chi connectivity index (χ4v) is 5.81. The lowest BCUT2D eigenvalue weighted by Crippen LogP contribution is -2.34. The smallest absolute Gasteiger partial charge is 0.268 e. The van der Waals surface area contributed by atoms with Crippen molar-refractivity contribution in [3.8, 4) is 23.0 Å². The summed E-state index contributed by atoms with van der Waals surface area (Å²) in [6.07, 6.45) is 5.66. The number of sulfonamides is 1. The lowest BCUT2D eigenvalue weighted by Gasteiger charge is -2.25. The molecule has 3 aromatic heterocycles. The van der Waals surface area contributed by atoms with Crippen LogP contribution < -0.4 is 0 Å². The van der Waals surface area contributed by atoms with E-state index in [-0.39, 0.29) is 5.89 Å². The van der Waals surface area contributed by atoms with Crippen LogP contribution in [0.2, 0.25) is 0 Å². The van der Waals surface area contributed by atoms with Gasteiger partial charge in [-0.3, -0.25) is 4.98 Å². The van der Waals surface area contributed by atoms with Crippen molar-refractivity contribution in [1.29, 1.82) is 0 Å². The monoisotopic (exact) mass is 451 g/mol. The van der Waals surface area contributed by atoms with E-state index in [0.717, 1.165) is 11.1 Å². The average Bonchev–Trinajstić information content (AvgIpc) is 3.53. The van der Waals surface area contributed by atoms with E-state index >= 15 is 0 Å². The Morgan fingerprint density at radius 2 is 1.77 bits per heavy atom. The van der Waals surface area contributed by atoms with E-state index in [2.05, 4.69) is 20.2 Å². The van der Waals surface area contributed by atoms with Crippen LogP contribution in [-0.4, -0.2) is 46.0 Å². The van der Waals surface area contributed by atoms with Crippen LogP contribution in [0.1, 0.15) is 12.1 Å². The Hall–Kier alpha value is -3.21. The fraction of sp³-hybridized carbons (Fsp3) is 0.143. The van der Waals surface area contributed by atoms with E-state index in [4.69, 9.17) is 4.42 Å². The van der Waals surface area contributed by atoms with Gasteiger partial charge in [0.1, 0.15) is 9.90 Å². The van der Waals surface area contributed by atoms with Crippen LogP contribution in [0.4, 0.5) is 0 Å². The molecule has 0 amide bonds. The van der Waals surface area contributed by atoms with Gasteiger partial charge in [0, 0.05) is 18.7 Å². The molecule has 0 radical (unpaired) electrons. The van der Waals surface area contributed by atoms with Gasteiger partial charge in [-0.25, -0.2) is 13.4 Å². The highest BCUT2D eigenvalue weighted by atomic mass is 32.2. The van der Waals surface area contributed by atoms with Crippen molar-refractivity contribution in [3.05, 3.63) is 72.0 Å². The minimum absolute atomic E-state index is 0.284. The molecule has 0 aliphatic carbocycles. The maximum atomic E-state index is 12.7. The first-order chi connectivity index (χ1) is 15.1. The molecule has 0 fully saturated rings. The third kappa shape index (κ3) is 3.92. The van der Waals surface area contributed by atoms with Gasteiger partial charge in [-0.15, -0.1) is 21.5 Å². The summed E-state index contributed by atoms with van der Waals surface area (Å²) < 4.78 is 33.0. The molecule has 0 N–H and O–H groups in total. The third-order valence-electron chi connectivity index (χ3n) is 4.89. The molecule has 0 spiro atoms.